The topological polar surface area (TPSA) is 119 Å². The highest BCUT2D eigenvalue weighted by atomic mass is 19.4. The zero-order valence-electron chi connectivity index (χ0n) is 21.5. The molecule has 0 bridgehead atoms. The Balaban J connectivity index is 1.49. The van der Waals surface area contributed by atoms with E-state index in [0.29, 0.717) is 48.6 Å². The lowest BCUT2D eigenvalue weighted by Gasteiger charge is -2.18. The van der Waals surface area contributed by atoms with Crippen molar-refractivity contribution in [1.82, 2.24) is 15.0 Å². The molecule has 0 fully saturated rings. The molecule has 4 rings (SSSR count). The first-order valence-corrected chi connectivity index (χ1v) is 12.2. The van der Waals surface area contributed by atoms with E-state index in [4.69, 9.17) is 9.26 Å². The summed E-state index contributed by atoms with van der Waals surface area (Å²) in [7, 11) is 0. The van der Waals surface area contributed by atoms with E-state index >= 15 is 0 Å². The smallest absolute Gasteiger partial charge is 0.490 e. The van der Waals surface area contributed by atoms with Gasteiger partial charge < -0.3 is 14.0 Å². The zero-order chi connectivity index (χ0) is 28.3. The number of alkyl halides is 3. The van der Waals surface area contributed by atoms with Crippen LogP contribution in [0.4, 0.5) is 13.2 Å². The molecule has 39 heavy (non-hydrogen) atoms. The van der Waals surface area contributed by atoms with Gasteiger partial charge in [0.15, 0.2) is 0 Å². The summed E-state index contributed by atoms with van der Waals surface area (Å²) in [6, 6.07) is 11.0. The second-order valence-electron chi connectivity index (χ2n) is 9.32. The fourth-order valence-electron chi connectivity index (χ4n) is 4.39. The zero-order valence-corrected chi connectivity index (χ0v) is 21.5. The van der Waals surface area contributed by atoms with Gasteiger partial charge >= 0.3 is 18.1 Å². The molecule has 1 aromatic heterocycles. The largest absolute Gasteiger partial charge is 0.491 e. The minimum atomic E-state index is -5.23. The Kier molecular flexibility index (Phi) is 8.01. The van der Waals surface area contributed by atoms with Crippen LogP contribution in [0, 0.1) is 18.3 Å². The monoisotopic (exact) mass is 542 g/mol. The normalized spacial score (nSPS) is 13.9. The van der Waals surface area contributed by atoms with Crippen LogP contribution in [-0.2, 0) is 27.2 Å². The molecule has 0 aliphatic carbocycles. The molecule has 12 heteroatoms. The maximum Gasteiger partial charge on any atom is 0.491 e. The predicted octanol–water partition coefficient (Wildman–Crippen LogP) is 4.40. The molecule has 0 unspecified atom stereocenters. The first kappa shape index (κ1) is 27.8. The Bertz CT molecular complexity index is 1440. The van der Waals surface area contributed by atoms with E-state index < -0.39 is 24.7 Å². The molecule has 2 heterocycles. The summed E-state index contributed by atoms with van der Waals surface area (Å²) in [6.07, 6.45) is -4.25. The Hall–Kier alpha value is -4.24. The summed E-state index contributed by atoms with van der Waals surface area (Å²) < 4.78 is 52.2. The first-order valence-electron chi connectivity index (χ1n) is 12.2. The van der Waals surface area contributed by atoms with Gasteiger partial charge in [-0.1, -0.05) is 17.3 Å². The molecule has 0 radical (unpaired) electrons. The Morgan fingerprint density at radius 1 is 1.18 bits per heavy atom. The molecule has 204 valence electrons. The second-order valence-corrected chi connectivity index (χ2v) is 9.32. The second kappa shape index (κ2) is 11.2. The van der Waals surface area contributed by atoms with E-state index in [2.05, 4.69) is 20.9 Å². The van der Waals surface area contributed by atoms with E-state index in [1.807, 2.05) is 32.9 Å². The van der Waals surface area contributed by atoms with E-state index in [1.54, 1.807) is 23.1 Å². The summed E-state index contributed by atoms with van der Waals surface area (Å²) in [5, 5.41) is 13.6. The van der Waals surface area contributed by atoms with Crippen LogP contribution in [-0.4, -0.2) is 58.9 Å². The third-order valence-corrected chi connectivity index (χ3v) is 6.24. The third-order valence-electron chi connectivity index (χ3n) is 6.24. The van der Waals surface area contributed by atoms with Crippen molar-refractivity contribution in [1.29, 1.82) is 5.26 Å². The summed E-state index contributed by atoms with van der Waals surface area (Å²) in [5.41, 5.74) is 4.62. The standard InChI is InChI=1S/C27H25F3N4O5/c1-15(2)37-22-7-5-18(12-19(22)13-31)25-32-24(33-39-25)21-6-4-17-8-10-34(11-9-20(17)16(21)3)14-23(35)38-26(36)27(28,29)30/h4-7,12,15H,8-11,14H2,1-3H3. The average molecular weight is 543 g/mol. The number of nitrogens with zero attached hydrogens (tertiary/aromatic N) is 4. The molecule has 1 aliphatic rings. The lowest BCUT2D eigenvalue weighted by molar-refractivity contribution is -0.202. The van der Waals surface area contributed by atoms with Crippen LogP contribution in [0.2, 0.25) is 0 Å². The molecule has 0 saturated heterocycles. The predicted molar refractivity (Wildman–Crippen MR) is 131 cm³/mol. The van der Waals surface area contributed by atoms with Gasteiger partial charge in [0.1, 0.15) is 11.8 Å². The SMILES string of the molecule is Cc1c(-c2noc(-c3ccc(OC(C)C)c(C#N)c3)n2)ccc2c1CCN(CC(=O)OC(=O)C(F)(F)F)CC2. The van der Waals surface area contributed by atoms with Crippen molar-refractivity contribution in [2.45, 2.75) is 45.9 Å². The molecule has 0 N–H and O–H groups in total. The third kappa shape index (κ3) is 6.43. The number of halogens is 3. The van der Waals surface area contributed by atoms with Gasteiger partial charge in [-0.25, -0.2) is 4.79 Å². The highest BCUT2D eigenvalue weighted by Gasteiger charge is 2.42. The van der Waals surface area contributed by atoms with Gasteiger partial charge in [0, 0.05) is 24.2 Å². The highest BCUT2D eigenvalue weighted by Crippen LogP contribution is 2.31. The van der Waals surface area contributed by atoms with Crippen LogP contribution >= 0.6 is 0 Å². The molecule has 9 nitrogen and oxygen atoms in total. The fraction of sp³-hybridized carbons (Fsp3) is 0.370. The molecular weight excluding hydrogens is 517 g/mol. The van der Waals surface area contributed by atoms with Crippen molar-refractivity contribution >= 4 is 11.9 Å². The summed E-state index contributed by atoms with van der Waals surface area (Å²) in [6.45, 7) is 6.02. The van der Waals surface area contributed by atoms with E-state index in [1.165, 1.54) is 0 Å². The van der Waals surface area contributed by atoms with Crippen LogP contribution < -0.4 is 4.74 Å². The average Bonchev–Trinajstić information content (AvgIpc) is 3.26. The van der Waals surface area contributed by atoms with Crippen molar-refractivity contribution < 1.29 is 36.8 Å². The fourth-order valence-corrected chi connectivity index (χ4v) is 4.39. The van der Waals surface area contributed by atoms with E-state index in [0.717, 1.165) is 22.3 Å². The Morgan fingerprint density at radius 3 is 2.62 bits per heavy atom. The number of carbonyl (C=O) groups is 2. The molecule has 3 aromatic rings. The number of ether oxygens (including phenoxy) is 2. The number of aromatic nitrogens is 2. The lowest BCUT2D eigenvalue weighted by atomic mass is 9.93. The minimum Gasteiger partial charge on any atom is -0.490 e. The number of fused-ring (bicyclic) bond motifs is 1. The lowest BCUT2D eigenvalue weighted by Crippen LogP contribution is -2.36. The molecule has 0 spiro atoms. The van der Waals surface area contributed by atoms with Gasteiger partial charge in [0.25, 0.3) is 5.89 Å². The molecular formula is C27H25F3N4O5. The molecule has 2 aromatic carbocycles. The minimum absolute atomic E-state index is 0.0892. The van der Waals surface area contributed by atoms with Crippen molar-refractivity contribution in [2.75, 3.05) is 19.6 Å². The molecule has 1 aliphatic heterocycles. The van der Waals surface area contributed by atoms with Crippen molar-refractivity contribution in [2.24, 2.45) is 0 Å². The van der Waals surface area contributed by atoms with Crippen LogP contribution in [0.3, 0.4) is 0 Å². The number of carbonyl (C=O) groups excluding carboxylic acids is 2. The van der Waals surface area contributed by atoms with Gasteiger partial charge in [-0.2, -0.15) is 23.4 Å². The Labute approximate surface area is 222 Å². The van der Waals surface area contributed by atoms with Gasteiger partial charge in [-0.15, -0.1) is 0 Å². The van der Waals surface area contributed by atoms with Crippen LogP contribution in [0.1, 0.15) is 36.1 Å². The number of nitriles is 1. The van der Waals surface area contributed by atoms with Crippen molar-refractivity contribution in [3.05, 3.63) is 52.6 Å². The Morgan fingerprint density at radius 2 is 1.92 bits per heavy atom. The van der Waals surface area contributed by atoms with Crippen molar-refractivity contribution in [3.8, 4) is 34.7 Å². The van der Waals surface area contributed by atoms with E-state index in [-0.39, 0.29) is 12.0 Å². The summed E-state index contributed by atoms with van der Waals surface area (Å²) >= 11 is 0. The van der Waals surface area contributed by atoms with Crippen LogP contribution in [0.5, 0.6) is 5.75 Å². The number of hydrogen-bond acceptors (Lipinski definition) is 9. The molecule has 0 atom stereocenters. The van der Waals surface area contributed by atoms with E-state index in [9.17, 15) is 28.0 Å². The number of hydrogen-bond donors (Lipinski definition) is 0. The van der Waals surface area contributed by atoms with Crippen LogP contribution in [0.25, 0.3) is 22.8 Å². The number of rotatable bonds is 6. The summed E-state index contributed by atoms with van der Waals surface area (Å²) in [4.78, 5) is 29.0. The maximum atomic E-state index is 12.4. The maximum absolute atomic E-state index is 12.4. The van der Waals surface area contributed by atoms with Gasteiger partial charge in [-0.05, 0) is 68.5 Å². The summed E-state index contributed by atoms with van der Waals surface area (Å²) in [5.74, 6) is -2.70. The van der Waals surface area contributed by atoms with Crippen LogP contribution in [0.15, 0.2) is 34.9 Å². The van der Waals surface area contributed by atoms with Crippen molar-refractivity contribution in [3.63, 3.8) is 0 Å². The van der Waals surface area contributed by atoms with Gasteiger partial charge in [0.05, 0.1) is 18.2 Å². The first-order chi connectivity index (χ1) is 18.5. The van der Waals surface area contributed by atoms with Gasteiger partial charge in [-0.3, -0.25) is 9.69 Å². The molecule has 0 saturated carbocycles. The number of esters is 2. The highest BCUT2D eigenvalue weighted by molar-refractivity contribution is 5.89. The quantitative estimate of drug-likeness (QED) is 0.330. The number of benzene rings is 2. The molecule has 0 amide bonds. The van der Waals surface area contributed by atoms with Gasteiger partial charge in [0.2, 0.25) is 5.82 Å².